The van der Waals surface area contributed by atoms with Crippen LogP contribution in [0.3, 0.4) is 0 Å². The molecule has 0 N–H and O–H groups in total. The molecule has 5 nitrogen and oxygen atoms in total. The Labute approximate surface area is 333 Å². The van der Waals surface area contributed by atoms with Crippen LogP contribution < -0.4 is 4.74 Å². The van der Waals surface area contributed by atoms with Gasteiger partial charge in [-0.15, -0.1) is 0 Å². The third-order valence-corrected chi connectivity index (χ3v) is 12.5. The molecule has 0 atom stereocenters. The number of fused-ring (bicyclic) bond motifs is 15. The van der Waals surface area contributed by atoms with Gasteiger partial charge in [-0.25, -0.2) is 0 Å². The summed E-state index contributed by atoms with van der Waals surface area (Å²) in [5.41, 5.74) is 14.8. The van der Waals surface area contributed by atoms with Crippen molar-refractivity contribution in [1.29, 1.82) is 0 Å². The van der Waals surface area contributed by atoms with Crippen molar-refractivity contribution in [3.8, 4) is 45.4 Å². The quantitative estimate of drug-likeness (QED) is 0.181. The lowest BCUT2D eigenvalue weighted by atomic mass is 9.66. The molecule has 270 valence electrons. The molecular weight excluding hydrogens is 709 g/mol. The van der Waals surface area contributed by atoms with Crippen LogP contribution in [0.4, 0.5) is 0 Å². The number of hydrogen-bond donors (Lipinski definition) is 0. The smallest absolute Gasteiger partial charge is 0.132 e. The molecule has 5 heterocycles. The van der Waals surface area contributed by atoms with Gasteiger partial charge < -0.3 is 13.9 Å². The first kappa shape index (κ1) is 31.4. The fourth-order valence-electron chi connectivity index (χ4n) is 10.2. The Balaban J connectivity index is 1.03. The Morgan fingerprint density at radius 1 is 0.362 bits per heavy atom. The molecule has 2 aliphatic rings. The summed E-state index contributed by atoms with van der Waals surface area (Å²) >= 11 is 0. The molecule has 13 rings (SSSR count). The van der Waals surface area contributed by atoms with Gasteiger partial charge in [-0.05, 0) is 95.1 Å². The number of aromatic nitrogens is 4. The van der Waals surface area contributed by atoms with Gasteiger partial charge in [0, 0.05) is 45.1 Å². The highest BCUT2D eigenvalue weighted by Crippen LogP contribution is 2.61. The monoisotopic (exact) mass is 740 g/mol. The van der Waals surface area contributed by atoms with Crippen LogP contribution in [0.1, 0.15) is 22.3 Å². The highest BCUT2D eigenvalue weighted by Gasteiger charge is 2.52. The second kappa shape index (κ2) is 11.6. The van der Waals surface area contributed by atoms with Crippen LogP contribution in [-0.2, 0) is 5.41 Å². The van der Waals surface area contributed by atoms with Gasteiger partial charge in [0.1, 0.15) is 11.5 Å². The topological polar surface area (TPSA) is 44.9 Å². The van der Waals surface area contributed by atoms with Gasteiger partial charge in [0.15, 0.2) is 0 Å². The van der Waals surface area contributed by atoms with E-state index < -0.39 is 5.41 Å². The number of ether oxygens (including phenoxy) is 1. The molecule has 1 spiro atoms. The minimum Gasteiger partial charge on any atom is -0.457 e. The van der Waals surface area contributed by atoms with E-state index in [1.807, 2.05) is 30.6 Å². The molecule has 11 aromatic rings. The van der Waals surface area contributed by atoms with E-state index in [9.17, 15) is 0 Å². The first-order valence-electron chi connectivity index (χ1n) is 19.7. The van der Waals surface area contributed by atoms with E-state index in [1.54, 1.807) is 0 Å². The summed E-state index contributed by atoms with van der Waals surface area (Å²) in [5, 5.41) is 4.90. The van der Waals surface area contributed by atoms with Gasteiger partial charge in [0.25, 0.3) is 0 Å². The summed E-state index contributed by atoms with van der Waals surface area (Å²) in [4.78, 5) is 9.82. The first-order valence-corrected chi connectivity index (χ1v) is 19.7. The summed E-state index contributed by atoms with van der Waals surface area (Å²) < 4.78 is 11.6. The van der Waals surface area contributed by atoms with Crippen LogP contribution in [0.15, 0.2) is 194 Å². The summed E-state index contributed by atoms with van der Waals surface area (Å²) in [6.07, 6.45) is 3.73. The van der Waals surface area contributed by atoms with Gasteiger partial charge >= 0.3 is 0 Å². The Morgan fingerprint density at radius 3 is 1.47 bits per heavy atom. The molecule has 0 fully saturated rings. The lowest BCUT2D eigenvalue weighted by molar-refractivity contribution is 0.436. The summed E-state index contributed by atoms with van der Waals surface area (Å²) in [6, 6.07) is 65.5. The average Bonchev–Trinajstić information content (AvgIpc) is 3.91. The third-order valence-electron chi connectivity index (χ3n) is 12.5. The fourth-order valence-corrected chi connectivity index (χ4v) is 10.2. The van der Waals surface area contributed by atoms with Crippen molar-refractivity contribution in [3.63, 3.8) is 0 Å². The average molecular weight is 741 g/mol. The summed E-state index contributed by atoms with van der Waals surface area (Å²) in [6.45, 7) is 0. The van der Waals surface area contributed by atoms with Gasteiger partial charge in [0.05, 0.1) is 50.2 Å². The molecule has 0 saturated heterocycles. The van der Waals surface area contributed by atoms with E-state index >= 15 is 0 Å². The normalized spacial score (nSPS) is 13.4. The first-order chi connectivity index (χ1) is 28.8. The Morgan fingerprint density at radius 2 is 0.828 bits per heavy atom. The van der Waals surface area contributed by atoms with E-state index in [2.05, 4.69) is 173 Å². The summed E-state index contributed by atoms with van der Waals surface area (Å²) in [7, 11) is 0. The minimum atomic E-state index is -0.635. The molecule has 7 aromatic carbocycles. The van der Waals surface area contributed by atoms with Crippen molar-refractivity contribution >= 4 is 43.6 Å². The predicted octanol–water partition coefficient (Wildman–Crippen LogP) is 12.8. The van der Waals surface area contributed by atoms with E-state index in [4.69, 9.17) is 14.7 Å². The van der Waals surface area contributed by atoms with Crippen molar-refractivity contribution in [2.45, 2.75) is 5.41 Å². The summed E-state index contributed by atoms with van der Waals surface area (Å²) in [5.74, 6) is 1.69. The lowest BCUT2D eigenvalue weighted by Gasteiger charge is -2.39. The van der Waals surface area contributed by atoms with Crippen LogP contribution in [0.25, 0.3) is 77.5 Å². The number of pyridine rings is 2. The molecule has 1 aliphatic carbocycles. The maximum absolute atomic E-state index is 6.71. The van der Waals surface area contributed by atoms with E-state index in [0.717, 1.165) is 78.7 Å². The largest absolute Gasteiger partial charge is 0.457 e. The molecule has 0 unspecified atom stereocenters. The van der Waals surface area contributed by atoms with Gasteiger partial charge in [-0.2, -0.15) is 0 Å². The van der Waals surface area contributed by atoms with Crippen LogP contribution in [0.2, 0.25) is 0 Å². The lowest BCUT2D eigenvalue weighted by Crippen LogP contribution is -2.32. The second-order valence-electron chi connectivity index (χ2n) is 15.3. The van der Waals surface area contributed by atoms with Crippen molar-refractivity contribution < 1.29 is 4.74 Å². The number of hydrogen-bond acceptors (Lipinski definition) is 3. The minimum absolute atomic E-state index is 0.635. The van der Waals surface area contributed by atoms with Gasteiger partial charge in [-0.1, -0.05) is 109 Å². The van der Waals surface area contributed by atoms with Crippen molar-refractivity contribution in [2.75, 3.05) is 0 Å². The van der Waals surface area contributed by atoms with Crippen LogP contribution in [-0.4, -0.2) is 19.1 Å². The third kappa shape index (κ3) is 4.04. The molecular formula is C53H32N4O. The number of nitrogens with zero attached hydrogens (tertiary/aromatic N) is 4. The maximum Gasteiger partial charge on any atom is 0.132 e. The van der Waals surface area contributed by atoms with Crippen LogP contribution in [0.5, 0.6) is 11.5 Å². The maximum atomic E-state index is 6.71. The van der Waals surface area contributed by atoms with Crippen molar-refractivity contribution in [1.82, 2.24) is 19.1 Å². The molecule has 1 aliphatic heterocycles. The zero-order valence-corrected chi connectivity index (χ0v) is 31.2. The van der Waals surface area contributed by atoms with Crippen LogP contribution in [0, 0.1) is 0 Å². The molecule has 0 saturated carbocycles. The highest BCUT2D eigenvalue weighted by molar-refractivity contribution is 6.12. The fraction of sp³-hybridized carbons (Fsp3) is 0.0189. The molecule has 4 aromatic heterocycles. The standard InChI is InChI=1S/C53H32N4O/c1-5-19-43-35(13-1)36-14-2-6-20-44(36)56(43)47-22-8-9-23-48(47)57-45-21-7-3-15-37(45)38-31-33(25-27-46(38)57)34-26-28-50-42(32-34)53(39-16-4-10-24-49(39)58-50)40-17-11-29-54-51(40)52-41(53)18-12-30-55-52/h1-32H. The van der Waals surface area contributed by atoms with E-state index in [0.29, 0.717) is 0 Å². The molecule has 58 heavy (non-hydrogen) atoms. The number of benzene rings is 7. The van der Waals surface area contributed by atoms with Gasteiger partial charge in [0.2, 0.25) is 0 Å². The molecule has 5 heteroatoms. The molecule has 0 radical (unpaired) electrons. The highest BCUT2D eigenvalue weighted by atomic mass is 16.5. The molecule has 0 amide bonds. The Bertz CT molecular complexity index is 3420. The van der Waals surface area contributed by atoms with E-state index in [1.165, 1.54) is 32.6 Å². The predicted molar refractivity (Wildman–Crippen MR) is 234 cm³/mol. The Kier molecular flexibility index (Phi) is 6.31. The SMILES string of the molecule is c1ccc2c(c1)Oc1ccc(-c3ccc4c(c3)c3ccccc3n4-c3ccccc3-n3c4ccccc4c4ccccc43)cc1C21c2cccnc2-c2ncccc21. The number of rotatable bonds is 3. The van der Waals surface area contributed by atoms with Gasteiger partial charge in [-0.3, -0.25) is 9.97 Å². The Hall–Kier alpha value is -7.76. The van der Waals surface area contributed by atoms with Crippen molar-refractivity contribution in [3.05, 3.63) is 217 Å². The second-order valence-corrected chi connectivity index (χ2v) is 15.3. The zero-order chi connectivity index (χ0) is 38.0. The van der Waals surface area contributed by atoms with E-state index in [-0.39, 0.29) is 0 Å². The van der Waals surface area contributed by atoms with Crippen LogP contribution >= 0.6 is 0 Å². The molecule has 0 bridgehead atoms. The zero-order valence-electron chi connectivity index (χ0n) is 31.2. The van der Waals surface area contributed by atoms with Crippen molar-refractivity contribution in [2.24, 2.45) is 0 Å². The number of para-hydroxylation sites is 6.